The summed E-state index contributed by atoms with van der Waals surface area (Å²) in [6.07, 6.45) is 6.65. The van der Waals surface area contributed by atoms with E-state index in [0.717, 1.165) is 11.2 Å². The van der Waals surface area contributed by atoms with Crippen LogP contribution in [-0.2, 0) is 0 Å². The lowest BCUT2D eigenvalue weighted by molar-refractivity contribution is 0.470. The van der Waals surface area contributed by atoms with E-state index in [1.165, 1.54) is 45.2 Å². The fourth-order valence-corrected chi connectivity index (χ4v) is 1.86. The summed E-state index contributed by atoms with van der Waals surface area (Å²) in [5, 5.41) is 4.67. The van der Waals surface area contributed by atoms with Gasteiger partial charge in [0.15, 0.2) is 0 Å². The Hall–Kier alpha value is 0.440. The molecule has 0 saturated carbocycles. The van der Waals surface area contributed by atoms with Crippen molar-refractivity contribution in [3.05, 3.63) is 0 Å². The van der Waals surface area contributed by atoms with Gasteiger partial charge in [0.25, 0.3) is 0 Å². The van der Waals surface area contributed by atoms with E-state index in [1.807, 2.05) is 0 Å². The summed E-state index contributed by atoms with van der Waals surface area (Å²) in [6, 6.07) is 0. The fraction of sp³-hybridized carbons (Fsp3) is 1.00. The first kappa shape index (κ1) is 13.4. The van der Waals surface area contributed by atoms with E-state index < -0.39 is 0 Å². The van der Waals surface area contributed by atoms with Crippen LogP contribution in [0.15, 0.2) is 0 Å². The van der Waals surface area contributed by atoms with E-state index in [1.54, 1.807) is 0 Å². The third-order valence-corrected chi connectivity index (χ3v) is 2.82. The van der Waals surface area contributed by atoms with Crippen molar-refractivity contribution < 1.29 is 0 Å². The van der Waals surface area contributed by atoms with Crippen molar-refractivity contribution in [1.29, 1.82) is 0 Å². The van der Waals surface area contributed by atoms with Crippen LogP contribution in [-0.4, -0.2) is 18.4 Å². The molecule has 0 spiro atoms. The highest BCUT2D eigenvalue weighted by molar-refractivity contribution is 9.09. The molecule has 0 radical (unpaired) electrons. The van der Waals surface area contributed by atoms with Gasteiger partial charge in [-0.25, -0.2) is 0 Å². The van der Waals surface area contributed by atoms with Gasteiger partial charge in [0.05, 0.1) is 0 Å². The first-order valence-electron chi connectivity index (χ1n) is 5.58. The van der Waals surface area contributed by atoms with E-state index >= 15 is 0 Å². The van der Waals surface area contributed by atoms with Gasteiger partial charge in [0.2, 0.25) is 0 Å². The lowest BCUT2D eigenvalue weighted by Crippen LogP contribution is -2.22. The number of alkyl halides is 1. The van der Waals surface area contributed by atoms with Crippen molar-refractivity contribution in [2.45, 2.75) is 46.0 Å². The van der Waals surface area contributed by atoms with Gasteiger partial charge in [-0.1, -0.05) is 42.6 Å². The van der Waals surface area contributed by atoms with E-state index in [0.29, 0.717) is 0 Å². The maximum atomic E-state index is 3.51. The zero-order valence-corrected chi connectivity index (χ0v) is 10.7. The third-order valence-electron chi connectivity index (χ3n) is 2.26. The molecule has 0 aromatic carbocycles. The highest BCUT2D eigenvalue weighted by Crippen LogP contribution is 2.03. The van der Waals surface area contributed by atoms with E-state index in [2.05, 4.69) is 35.1 Å². The van der Waals surface area contributed by atoms with Gasteiger partial charge in [-0.3, -0.25) is 0 Å². The average Bonchev–Trinajstić information content (AvgIpc) is 2.11. The predicted molar refractivity (Wildman–Crippen MR) is 64.6 cm³/mol. The van der Waals surface area contributed by atoms with Gasteiger partial charge in [0.1, 0.15) is 0 Å². The largest absolute Gasteiger partial charge is 0.316 e. The number of rotatable bonds is 9. The van der Waals surface area contributed by atoms with Crippen LogP contribution in [0.5, 0.6) is 0 Å². The second kappa shape index (κ2) is 10.5. The second-order valence-electron chi connectivity index (χ2n) is 3.85. The zero-order chi connectivity index (χ0) is 9.94. The summed E-state index contributed by atoms with van der Waals surface area (Å²) >= 11 is 3.44. The van der Waals surface area contributed by atoms with E-state index in [-0.39, 0.29) is 0 Å². The predicted octanol–water partition coefficient (Wildman–Crippen LogP) is 3.58. The molecule has 1 N–H and O–H groups in total. The molecular formula is C11H24BrN. The monoisotopic (exact) mass is 249 g/mol. The Labute approximate surface area is 91.8 Å². The minimum atomic E-state index is 0.848. The van der Waals surface area contributed by atoms with Crippen LogP contribution in [0.4, 0.5) is 0 Å². The third kappa shape index (κ3) is 10.4. The number of hydrogen-bond acceptors (Lipinski definition) is 1. The van der Waals surface area contributed by atoms with Gasteiger partial charge < -0.3 is 5.32 Å². The van der Waals surface area contributed by atoms with Crippen molar-refractivity contribution in [3.8, 4) is 0 Å². The summed E-state index contributed by atoms with van der Waals surface area (Å²) in [5.41, 5.74) is 0. The van der Waals surface area contributed by atoms with Gasteiger partial charge in [-0.2, -0.15) is 0 Å². The van der Waals surface area contributed by atoms with Gasteiger partial charge >= 0.3 is 0 Å². The fourth-order valence-electron chi connectivity index (χ4n) is 1.46. The Morgan fingerprint density at radius 3 is 2.62 bits per heavy atom. The quantitative estimate of drug-likeness (QED) is 0.487. The summed E-state index contributed by atoms with van der Waals surface area (Å²) in [5.74, 6) is 0.848. The molecule has 0 aliphatic rings. The topological polar surface area (TPSA) is 12.0 Å². The van der Waals surface area contributed by atoms with Crippen molar-refractivity contribution >= 4 is 15.9 Å². The van der Waals surface area contributed by atoms with Crippen LogP contribution >= 0.6 is 15.9 Å². The summed E-state index contributed by atoms with van der Waals surface area (Å²) in [4.78, 5) is 0. The lowest BCUT2D eigenvalue weighted by Gasteiger charge is -2.10. The minimum absolute atomic E-state index is 0.848. The number of unbranched alkanes of at least 4 members (excludes halogenated alkanes) is 2. The highest BCUT2D eigenvalue weighted by atomic mass is 79.9. The van der Waals surface area contributed by atoms with Crippen LogP contribution in [0, 0.1) is 5.92 Å². The van der Waals surface area contributed by atoms with Crippen LogP contribution in [0.1, 0.15) is 46.0 Å². The number of halogens is 1. The Morgan fingerprint density at radius 2 is 2.00 bits per heavy atom. The molecule has 0 aromatic rings. The molecule has 0 aliphatic heterocycles. The van der Waals surface area contributed by atoms with Gasteiger partial charge in [0, 0.05) is 5.33 Å². The summed E-state index contributed by atoms with van der Waals surface area (Å²) < 4.78 is 0. The maximum Gasteiger partial charge on any atom is 0.00313 e. The van der Waals surface area contributed by atoms with Crippen LogP contribution < -0.4 is 5.32 Å². The molecule has 0 saturated heterocycles. The summed E-state index contributed by atoms with van der Waals surface area (Å²) in [6.45, 7) is 6.98. The van der Waals surface area contributed by atoms with Gasteiger partial charge in [-0.05, 0) is 38.3 Å². The Kier molecular flexibility index (Phi) is 10.9. The number of nitrogens with one attached hydrogen (secondary N) is 1. The van der Waals surface area contributed by atoms with Crippen LogP contribution in [0.3, 0.4) is 0 Å². The summed E-state index contributed by atoms with van der Waals surface area (Å²) in [7, 11) is 0. The molecule has 2 heteroatoms. The molecule has 1 nitrogen and oxygen atoms in total. The smallest absolute Gasteiger partial charge is 0.00313 e. The first-order valence-corrected chi connectivity index (χ1v) is 6.70. The Bertz CT molecular complexity index is 96.1. The molecule has 13 heavy (non-hydrogen) atoms. The highest BCUT2D eigenvalue weighted by Gasteiger charge is 1.98. The molecular weight excluding hydrogens is 226 g/mol. The maximum absolute atomic E-state index is 3.51. The zero-order valence-electron chi connectivity index (χ0n) is 9.11. The molecule has 80 valence electrons. The molecule has 0 aromatic heterocycles. The van der Waals surface area contributed by atoms with Crippen molar-refractivity contribution in [1.82, 2.24) is 5.32 Å². The minimum Gasteiger partial charge on any atom is -0.316 e. The Morgan fingerprint density at radius 1 is 1.23 bits per heavy atom. The SMILES string of the molecule is CCCC(C)CNCCCCCBr. The van der Waals surface area contributed by atoms with E-state index in [9.17, 15) is 0 Å². The molecule has 0 fully saturated rings. The number of hydrogen-bond donors (Lipinski definition) is 1. The van der Waals surface area contributed by atoms with Crippen molar-refractivity contribution in [2.75, 3.05) is 18.4 Å². The van der Waals surface area contributed by atoms with Crippen molar-refractivity contribution in [3.63, 3.8) is 0 Å². The molecule has 1 atom stereocenters. The first-order chi connectivity index (χ1) is 6.31. The molecule has 0 aliphatic carbocycles. The molecule has 0 bridgehead atoms. The second-order valence-corrected chi connectivity index (χ2v) is 4.64. The molecule has 0 rings (SSSR count). The van der Waals surface area contributed by atoms with Crippen molar-refractivity contribution in [2.24, 2.45) is 5.92 Å². The molecule has 0 amide bonds. The Balaban J connectivity index is 2.97. The standard InChI is InChI=1S/C11H24BrN/c1-3-7-11(2)10-13-9-6-4-5-8-12/h11,13H,3-10H2,1-2H3. The normalized spacial score (nSPS) is 13.2. The van der Waals surface area contributed by atoms with Crippen LogP contribution in [0.25, 0.3) is 0 Å². The van der Waals surface area contributed by atoms with E-state index in [4.69, 9.17) is 0 Å². The molecule has 0 heterocycles. The van der Waals surface area contributed by atoms with Crippen LogP contribution in [0.2, 0.25) is 0 Å². The molecule has 1 unspecified atom stereocenters. The average molecular weight is 250 g/mol. The van der Waals surface area contributed by atoms with Gasteiger partial charge in [-0.15, -0.1) is 0 Å². The lowest BCUT2D eigenvalue weighted by atomic mass is 10.1.